The van der Waals surface area contributed by atoms with Crippen LogP contribution in [0.15, 0.2) is 72.8 Å². The highest BCUT2D eigenvalue weighted by molar-refractivity contribution is 6.31. The normalized spacial score (nSPS) is 10.3. The highest BCUT2D eigenvalue weighted by atomic mass is 35.5. The van der Waals surface area contributed by atoms with Crippen LogP contribution in [-0.2, 0) is 6.18 Å². The van der Waals surface area contributed by atoms with Gasteiger partial charge in [-0.3, -0.25) is 0 Å². The Labute approximate surface area is 240 Å². The molecule has 0 nitrogen and oxygen atoms in total. The van der Waals surface area contributed by atoms with Gasteiger partial charge in [0, 0.05) is 10.0 Å². The number of rotatable bonds is 0. The number of hydrogen-bond acceptors (Lipinski definition) is 0. The number of benzene rings is 4. The molecule has 39 heavy (non-hydrogen) atoms. The maximum atomic E-state index is 12.4. The summed E-state index contributed by atoms with van der Waals surface area (Å²) >= 11 is 11.5. The maximum absolute atomic E-state index is 12.4. The second-order valence-electron chi connectivity index (χ2n) is 9.79. The molecule has 4 rings (SSSR count). The molecular weight excluding hydrogens is 543 g/mol. The minimum atomic E-state index is -4.23. The summed E-state index contributed by atoms with van der Waals surface area (Å²) in [6.45, 7) is 15.2. The Hall–Kier alpha value is -2.82. The largest absolute Gasteiger partial charge is 0.416 e. The van der Waals surface area contributed by atoms with Crippen molar-refractivity contribution in [3.05, 3.63) is 139 Å². The zero-order valence-electron chi connectivity index (χ0n) is 23.7. The van der Waals surface area contributed by atoms with Gasteiger partial charge in [-0.15, -0.1) is 0 Å². The van der Waals surface area contributed by atoms with Crippen molar-refractivity contribution in [2.75, 3.05) is 0 Å². The summed E-state index contributed by atoms with van der Waals surface area (Å²) < 4.78 is 48.9. The summed E-state index contributed by atoms with van der Waals surface area (Å²) in [4.78, 5) is 0. The van der Waals surface area contributed by atoms with Crippen molar-refractivity contribution in [1.82, 2.24) is 0 Å². The summed E-state index contributed by atoms with van der Waals surface area (Å²) in [6, 6.07) is 21.0. The lowest BCUT2D eigenvalue weighted by Crippen LogP contribution is -2.05. The summed E-state index contributed by atoms with van der Waals surface area (Å²) in [5.74, 6) is -0.146. The molecule has 4 aromatic rings. The Morgan fingerprint density at radius 3 is 0.846 bits per heavy atom. The van der Waals surface area contributed by atoms with E-state index >= 15 is 0 Å². The van der Waals surface area contributed by atoms with Gasteiger partial charge in [0.15, 0.2) is 0 Å². The molecule has 0 N–H and O–H groups in total. The third kappa shape index (κ3) is 14.8. The van der Waals surface area contributed by atoms with E-state index in [4.69, 9.17) is 23.2 Å². The molecule has 4 aromatic carbocycles. The maximum Gasteiger partial charge on any atom is 0.416 e. The first-order valence-corrected chi connectivity index (χ1v) is 13.1. The number of aryl methyl sites for hydroxylation is 8. The van der Waals surface area contributed by atoms with E-state index in [1.165, 1.54) is 34.4 Å². The molecule has 0 amide bonds. The van der Waals surface area contributed by atoms with Crippen molar-refractivity contribution in [3.63, 3.8) is 0 Å². The molecule has 0 radical (unpaired) electrons. The molecule has 0 saturated carbocycles. The standard InChI is InChI=1S/C9H9F3.2C8H9Cl.C8H9F/c1-6-3-7(2)5-8(4-6)9(10,11)12;3*1-6-3-7(2)5-8(9)4-6/h3-5H,1-2H3;3*3-5H,1-2H3. The van der Waals surface area contributed by atoms with Gasteiger partial charge in [0.2, 0.25) is 0 Å². The Morgan fingerprint density at radius 1 is 0.410 bits per heavy atom. The molecule has 0 atom stereocenters. The van der Waals surface area contributed by atoms with Crippen LogP contribution >= 0.6 is 23.2 Å². The Bertz CT molecular complexity index is 1070. The minimum absolute atomic E-state index is 0.146. The quantitative estimate of drug-likeness (QED) is 0.182. The van der Waals surface area contributed by atoms with Crippen molar-refractivity contribution >= 4 is 23.2 Å². The lowest BCUT2D eigenvalue weighted by molar-refractivity contribution is -0.137. The molecule has 0 aliphatic rings. The molecule has 0 spiro atoms. The van der Waals surface area contributed by atoms with Crippen LogP contribution in [0.25, 0.3) is 0 Å². The average molecular weight is 580 g/mol. The number of alkyl halides is 3. The Balaban J connectivity index is 0.000000262. The molecule has 0 aliphatic heterocycles. The van der Waals surface area contributed by atoms with Gasteiger partial charge < -0.3 is 0 Å². The van der Waals surface area contributed by atoms with E-state index in [0.29, 0.717) is 11.1 Å². The lowest BCUT2D eigenvalue weighted by atomic mass is 10.1. The second kappa shape index (κ2) is 15.7. The van der Waals surface area contributed by atoms with Gasteiger partial charge in [-0.2, -0.15) is 13.2 Å². The van der Waals surface area contributed by atoms with Gasteiger partial charge in [0.05, 0.1) is 5.56 Å². The first kappa shape index (κ1) is 34.2. The van der Waals surface area contributed by atoms with E-state index in [0.717, 1.165) is 33.3 Å². The van der Waals surface area contributed by atoms with Crippen LogP contribution in [0.5, 0.6) is 0 Å². The van der Waals surface area contributed by atoms with E-state index in [2.05, 4.69) is 12.1 Å². The van der Waals surface area contributed by atoms with Crippen molar-refractivity contribution < 1.29 is 17.6 Å². The monoisotopic (exact) mass is 578 g/mol. The van der Waals surface area contributed by atoms with Crippen LogP contribution in [0.4, 0.5) is 17.6 Å². The molecule has 210 valence electrons. The van der Waals surface area contributed by atoms with Crippen molar-refractivity contribution in [2.24, 2.45) is 0 Å². The van der Waals surface area contributed by atoms with Gasteiger partial charge in [0.25, 0.3) is 0 Å². The van der Waals surface area contributed by atoms with Gasteiger partial charge in [-0.1, -0.05) is 58.6 Å². The van der Waals surface area contributed by atoms with Gasteiger partial charge in [-0.05, 0) is 137 Å². The molecule has 0 fully saturated rings. The van der Waals surface area contributed by atoms with Crippen LogP contribution in [-0.4, -0.2) is 0 Å². The summed E-state index contributed by atoms with van der Waals surface area (Å²) in [7, 11) is 0. The fourth-order valence-electron chi connectivity index (χ4n) is 3.90. The van der Waals surface area contributed by atoms with Crippen LogP contribution < -0.4 is 0 Å². The lowest BCUT2D eigenvalue weighted by Gasteiger charge is -2.08. The third-order valence-electron chi connectivity index (χ3n) is 5.11. The number of halogens is 6. The van der Waals surface area contributed by atoms with E-state index in [1.807, 2.05) is 71.9 Å². The van der Waals surface area contributed by atoms with Crippen molar-refractivity contribution in [2.45, 2.75) is 61.6 Å². The smallest absolute Gasteiger partial charge is 0.207 e. The fraction of sp³-hybridized carbons (Fsp3) is 0.273. The van der Waals surface area contributed by atoms with Crippen LogP contribution in [0.2, 0.25) is 10.0 Å². The molecule has 6 heteroatoms. The summed E-state index contributed by atoms with van der Waals surface area (Å²) in [5, 5.41) is 1.65. The summed E-state index contributed by atoms with van der Waals surface area (Å²) in [6.07, 6.45) is -4.23. The summed E-state index contributed by atoms with van der Waals surface area (Å²) in [5.41, 5.74) is 7.56. The van der Waals surface area contributed by atoms with E-state index < -0.39 is 11.7 Å². The first-order valence-electron chi connectivity index (χ1n) is 12.3. The fourth-order valence-corrected chi connectivity index (χ4v) is 4.58. The van der Waals surface area contributed by atoms with Gasteiger partial charge in [-0.25, -0.2) is 4.39 Å². The molecule has 0 unspecified atom stereocenters. The van der Waals surface area contributed by atoms with Gasteiger partial charge >= 0.3 is 6.18 Å². The topological polar surface area (TPSA) is 0 Å². The zero-order chi connectivity index (χ0) is 29.9. The van der Waals surface area contributed by atoms with E-state index in [1.54, 1.807) is 19.9 Å². The van der Waals surface area contributed by atoms with Crippen LogP contribution in [0, 0.1) is 61.2 Å². The van der Waals surface area contributed by atoms with E-state index in [9.17, 15) is 17.6 Å². The molecule has 0 bridgehead atoms. The van der Waals surface area contributed by atoms with E-state index in [-0.39, 0.29) is 5.82 Å². The molecule has 0 aliphatic carbocycles. The minimum Gasteiger partial charge on any atom is -0.207 e. The third-order valence-corrected chi connectivity index (χ3v) is 5.54. The highest BCUT2D eigenvalue weighted by Crippen LogP contribution is 2.30. The highest BCUT2D eigenvalue weighted by Gasteiger charge is 2.30. The van der Waals surface area contributed by atoms with Crippen LogP contribution in [0.3, 0.4) is 0 Å². The molecule has 0 heterocycles. The predicted molar refractivity (Wildman–Crippen MR) is 159 cm³/mol. The predicted octanol–water partition coefficient (Wildman–Crippen LogP) is 11.7. The molecule has 0 aromatic heterocycles. The molecule has 0 saturated heterocycles. The first-order chi connectivity index (χ1) is 17.9. The SMILES string of the molecule is Cc1cc(C)cc(C(F)(F)F)c1.Cc1cc(C)cc(Cl)c1.Cc1cc(C)cc(Cl)c1.Cc1cc(C)cc(F)c1. The number of hydrogen-bond donors (Lipinski definition) is 0. The Morgan fingerprint density at radius 2 is 0.641 bits per heavy atom. The molecular formula is C33H36Cl2F4. The average Bonchev–Trinajstić information content (AvgIpc) is 2.70. The second-order valence-corrected chi connectivity index (χ2v) is 10.7. The Kier molecular flexibility index (Phi) is 13.8. The van der Waals surface area contributed by atoms with Crippen molar-refractivity contribution in [1.29, 1.82) is 0 Å². The zero-order valence-corrected chi connectivity index (χ0v) is 25.2. The van der Waals surface area contributed by atoms with Crippen molar-refractivity contribution in [3.8, 4) is 0 Å². The van der Waals surface area contributed by atoms with Crippen LogP contribution in [0.1, 0.15) is 50.1 Å². The van der Waals surface area contributed by atoms with Gasteiger partial charge in [0.1, 0.15) is 5.82 Å².